The zero-order valence-electron chi connectivity index (χ0n) is 12.1. The van der Waals surface area contributed by atoms with Crippen molar-refractivity contribution in [3.63, 3.8) is 0 Å². The van der Waals surface area contributed by atoms with Crippen molar-refractivity contribution in [3.8, 4) is 0 Å². The highest BCUT2D eigenvalue weighted by Gasteiger charge is 2.38. The Morgan fingerprint density at radius 1 is 1.40 bits per heavy atom. The predicted molar refractivity (Wildman–Crippen MR) is 77.0 cm³/mol. The molecule has 0 spiro atoms. The Morgan fingerprint density at radius 3 is 2.45 bits per heavy atom. The first-order valence-electron chi connectivity index (χ1n) is 6.22. The van der Waals surface area contributed by atoms with E-state index in [2.05, 4.69) is 4.72 Å². The first kappa shape index (κ1) is 16.9. The van der Waals surface area contributed by atoms with Gasteiger partial charge in [-0.25, -0.2) is 4.39 Å². The molecule has 0 aliphatic carbocycles. The minimum absolute atomic E-state index is 0.293. The number of carboxylic acid groups (broad SMARTS) is 1. The summed E-state index contributed by atoms with van der Waals surface area (Å²) in [5.41, 5.74) is -0.649. The van der Waals surface area contributed by atoms with E-state index >= 15 is 0 Å². The highest BCUT2D eigenvalue weighted by molar-refractivity contribution is 7.90. The van der Waals surface area contributed by atoms with E-state index in [1.54, 1.807) is 33.8 Å². The second-order valence-electron chi connectivity index (χ2n) is 5.90. The van der Waals surface area contributed by atoms with Crippen LogP contribution in [0.4, 0.5) is 4.39 Å². The summed E-state index contributed by atoms with van der Waals surface area (Å²) in [6, 6.07) is 5.67. The number of halogens is 1. The molecule has 0 aliphatic heterocycles. The van der Waals surface area contributed by atoms with Gasteiger partial charge in [-0.1, -0.05) is 12.1 Å². The van der Waals surface area contributed by atoms with Gasteiger partial charge in [0.05, 0.1) is 12.0 Å². The van der Waals surface area contributed by atoms with Gasteiger partial charge in [0.2, 0.25) is 0 Å². The molecule has 1 aromatic carbocycles. The Balaban J connectivity index is 3.13. The lowest BCUT2D eigenvalue weighted by Crippen LogP contribution is -2.50. The van der Waals surface area contributed by atoms with Gasteiger partial charge in [-0.2, -0.15) is 0 Å². The number of nitrogens with one attached hydrogen (secondary N) is 1. The minimum Gasteiger partial charge on any atom is -0.598 e. The van der Waals surface area contributed by atoms with Gasteiger partial charge in [0.25, 0.3) is 0 Å². The molecular weight excluding hydrogens is 281 g/mol. The SMILES string of the molecule is CC(CC(=O)O)(N[S@@+]([O-])C(C)(C)C)c1cccc(F)c1. The van der Waals surface area contributed by atoms with E-state index < -0.39 is 33.4 Å². The van der Waals surface area contributed by atoms with Crippen LogP contribution >= 0.6 is 0 Å². The molecule has 20 heavy (non-hydrogen) atoms. The van der Waals surface area contributed by atoms with Gasteiger partial charge in [0.15, 0.2) is 0 Å². The summed E-state index contributed by atoms with van der Waals surface area (Å²) >= 11 is -1.47. The molecule has 1 unspecified atom stereocenters. The molecular formula is C14H20FNO3S. The maximum absolute atomic E-state index is 13.4. The average Bonchev–Trinajstić information content (AvgIpc) is 2.26. The number of aliphatic carboxylic acids is 1. The van der Waals surface area contributed by atoms with Gasteiger partial charge in [0, 0.05) is 11.4 Å². The molecule has 1 rings (SSSR count). The zero-order valence-corrected chi connectivity index (χ0v) is 12.9. The summed E-state index contributed by atoms with van der Waals surface area (Å²) < 4.78 is 27.9. The summed E-state index contributed by atoms with van der Waals surface area (Å²) in [7, 11) is 0. The van der Waals surface area contributed by atoms with Crippen LogP contribution in [0.3, 0.4) is 0 Å². The van der Waals surface area contributed by atoms with Crippen molar-refractivity contribution in [2.45, 2.75) is 44.4 Å². The van der Waals surface area contributed by atoms with Gasteiger partial charge in [-0.05, 0) is 45.4 Å². The van der Waals surface area contributed by atoms with Crippen molar-refractivity contribution < 1.29 is 18.8 Å². The van der Waals surface area contributed by atoms with E-state index in [4.69, 9.17) is 5.11 Å². The normalized spacial score (nSPS) is 16.5. The second kappa shape index (κ2) is 6.11. The van der Waals surface area contributed by atoms with Crippen molar-refractivity contribution >= 4 is 17.3 Å². The number of hydrogen-bond acceptors (Lipinski definition) is 3. The second-order valence-corrected chi connectivity index (χ2v) is 7.86. The molecule has 0 fully saturated rings. The van der Waals surface area contributed by atoms with Crippen LogP contribution in [0.5, 0.6) is 0 Å². The quantitative estimate of drug-likeness (QED) is 0.820. The molecule has 112 valence electrons. The summed E-state index contributed by atoms with van der Waals surface area (Å²) in [6.45, 7) is 6.95. The van der Waals surface area contributed by atoms with Crippen LogP contribution in [-0.4, -0.2) is 20.4 Å². The summed E-state index contributed by atoms with van der Waals surface area (Å²) in [5, 5.41) is 9.06. The molecule has 4 nitrogen and oxygen atoms in total. The van der Waals surface area contributed by atoms with Crippen LogP contribution in [0.2, 0.25) is 0 Å². The minimum atomic E-state index is -1.47. The first-order chi connectivity index (χ1) is 9.04. The Labute approximate surface area is 121 Å². The van der Waals surface area contributed by atoms with E-state index in [1.165, 1.54) is 18.2 Å². The van der Waals surface area contributed by atoms with Gasteiger partial charge in [0.1, 0.15) is 10.6 Å². The summed E-state index contributed by atoms with van der Waals surface area (Å²) in [6.07, 6.45) is -0.293. The molecule has 0 aromatic heterocycles. The van der Waals surface area contributed by atoms with Crippen LogP contribution in [-0.2, 0) is 21.7 Å². The molecule has 1 aromatic rings. The maximum Gasteiger partial charge on any atom is 0.305 e. The zero-order chi connectivity index (χ0) is 15.6. The maximum atomic E-state index is 13.4. The van der Waals surface area contributed by atoms with E-state index in [0.29, 0.717) is 5.56 Å². The van der Waals surface area contributed by atoms with Gasteiger partial charge < -0.3 is 9.66 Å². The standard InChI is InChI=1S/C14H20FNO3S/c1-13(2,3)20(19)16-14(4,9-12(17)18)10-6-5-7-11(15)8-10/h5-8,16H,9H2,1-4H3,(H,17,18)/t14?,20-/m0/s1. The summed E-state index contributed by atoms with van der Waals surface area (Å²) in [5.74, 6) is -1.50. The van der Waals surface area contributed by atoms with Gasteiger partial charge >= 0.3 is 5.97 Å². The van der Waals surface area contributed by atoms with Crippen molar-refractivity contribution in [1.82, 2.24) is 4.72 Å². The van der Waals surface area contributed by atoms with Gasteiger partial charge in [-0.3, -0.25) is 4.79 Å². The van der Waals surface area contributed by atoms with Gasteiger partial charge in [-0.15, -0.1) is 4.72 Å². The Morgan fingerprint density at radius 2 is 2.00 bits per heavy atom. The lowest BCUT2D eigenvalue weighted by Gasteiger charge is -2.34. The van der Waals surface area contributed by atoms with Crippen LogP contribution in [0.15, 0.2) is 24.3 Å². The van der Waals surface area contributed by atoms with Crippen LogP contribution in [0.25, 0.3) is 0 Å². The number of hydrogen-bond donors (Lipinski definition) is 2. The lowest BCUT2D eigenvalue weighted by molar-refractivity contribution is -0.138. The molecule has 0 radical (unpaired) electrons. The molecule has 0 bridgehead atoms. The van der Waals surface area contributed by atoms with E-state index in [0.717, 1.165) is 0 Å². The molecule has 0 saturated heterocycles. The fourth-order valence-electron chi connectivity index (χ4n) is 1.69. The van der Waals surface area contributed by atoms with Crippen molar-refractivity contribution in [1.29, 1.82) is 0 Å². The van der Waals surface area contributed by atoms with E-state index in [9.17, 15) is 13.7 Å². The highest BCUT2D eigenvalue weighted by atomic mass is 32.2. The monoisotopic (exact) mass is 301 g/mol. The van der Waals surface area contributed by atoms with E-state index in [1.807, 2.05) is 0 Å². The van der Waals surface area contributed by atoms with Crippen molar-refractivity contribution in [2.75, 3.05) is 0 Å². The third-order valence-corrected chi connectivity index (χ3v) is 4.59. The average molecular weight is 301 g/mol. The third-order valence-electron chi connectivity index (χ3n) is 2.84. The van der Waals surface area contributed by atoms with Crippen LogP contribution in [0.1, 0.15) is 39.7 Å². The number of carbonyl (C=O) groups is 1. The fourth-order valence-corrected chi connectivity index (χ4v) is 2.59. The van der Waals surface area contributed by atoms with Crippen molar-refractivity contribution in [3.05, 3.63) is 35.6 Å². The largest absolute Gasteiger partial charge is 0.598 e. The molecule has 0 aliphatic rings. The molecule has 6 heteroatoms. The number of carboxylic acids is 1. The Bertz CT molecular complexity index is 490. The lowest BCUT2D eigenvalue weighted by atomic mass is 9.90. The molecule has 0 heterocycles. The molecule has 0 amide bonds. The van der Waals surface area contributed by atoms with Crippen molar-refractivity contribution in [2.24, 2.45) is 0 Å². The molecule has 2 atom stereocenters. The first-order valence-corrected chi connectivity index (χ1v) is 7.37. The van der Waals surface area contributed by atoms with E-state index in [-0.39, 0.29) is 6.42 Å². The van der Waals surface area contributed by atoms with Crippen LogP contribution < -0.4 is 4.72 Å². The summed E-state index contributed by atoms with van der Waals surface area (Å²) in [4.78, 5) is 11.1. The smallest absolute Gasteiger partial charge is 0.305 e. The number of benzene rings is 1. The Hall–Kier alpha value is -1.11. The fraction of sp³-hybridized carbons (Fsp3) is 0.500. The van der Waals surface area contributed by atoms with Crippen LogP contribution in [0, 0.1) is 5.82 Å². The topological polar surface area (TPSA) is 72.4 Å². The number of rotatable bonds is 5. The third kappa shape index (κ3) is 4.47. The predicted octanol–water partition coefficient (Wildman–Crippen LogP) is 2.57. The molecule has 0 saturated carbocycles. The Kier molecular flexibility index (Phi) is 5.18. The highest BCUT2D eigenvalue weighted by Crippen LogP contribution is 2.29. The molecule has 2 N–H and O–H groups in total.